The van der Waals surface area contributed by atoms with Gasteiger partial charge in [0.15, 0.2) is 5.96 Å². The summed E-state index contributed by atoms with van der Waals surface area (Å²) in [4.78, 5) is 5.41. The van der Waals surface area contributed by atoms with Gasteiger partial charge in [0, 0.05) is 11.4 Å². The first kappa shape index (κ1) is 13.3. The minimum absolute atomic E-state index is 0.147. The van der Waals surface area contributed by atoms with Crippen molar-refractivity contribution in [1.29, 1.82) is 0 Å². The van der Waals surface area contributed by atoms with Crippen LogP contribution in [0, 0.1) is 5.92 Å². The average molecular weight is 260 g/mol. The molecule has 5 heteroatoms. The fourth-order valence-electron chi connectivity index (χ4n) is 1.18. The van der Waals surface area contributed by atoms with Crippen LogP contribution in [0.2, 0.25) is 4.34 Å². The molecule has 16 heavy (non-hydrogen) atoms. The third-order valence-electron chi connectivity index (χ3n) is 2.01. The Morgan fingerprint density at radius 3 is 2.69 bits per heavy atom. The van der Waals surface area contributed by atoms with Gasteiger partial charge in [-0.2, -0.15) is 0 Å². The van der Waals surface area contributed by atoms with Crippen LogP contribution in [0.5, 0.6) is 0 Å². The van der Waals surface area contributed by atoms with Gasteiger partial charge in [0.1, 0.15) is 0 Å². The first-order chi connectivity index (χ1) is 7.49. The molecule has 1 heterocycles. The van der Waals surface area contributed by atoms with Gasteiger partial charge in [0.05, 0.1) is 10.4 Å². The first-order valence-electron chi connectivity index (χ1n) is 5.30. The van der Waals surface area contributed by atoms with Crippen LogP contribution in [-0.4, -0.2) is 12.5 Å². The molecule has 0 saturated carbocycles. The van der Waals surface area contributed by atoms with E-state index in [4.69, 9.17) is 17.3 Å². The third kappa shape index (κ3) is 4.41. The molecule has 0 amide bonds. The molecule has 1 rings (SSSR count). The Kier molecular flexibility index (Phi) is 5.09. The molecule has 1 atom stereocenters. The fraction of sp³-hybridized carbons (Fsp3) is 0.545. The summed E-state index contributed by atoms with van der Waals surface area (Å²) < 4.78 is 0.793. The number of hydrogen-bond donors (Lipinski definition) is 2. The van der Waals surface area contributed by atoms with Crippen LogP contribution in [0.4, 0.5) is 0 Å². The van der Waals surface area contributed by atoms with Gasteiger partial charge >= 0.3 is 0 Å². The summed E-state index contributed by atoms with van der Waals surface area (Å²) in [5, 5.41) is 3.14. The molecule has 0 aliphatic heterocycles. The van der Waals surface area contributed by atoms with Crippen LogP contribution in [0.3, 0.4) is 0 Å². The second-order valence-electron chi connectivity index (χ2n) is 4.13. The molecule has 0 fully saturated rings. The van der Waals surface area contributed by atoms with Crippen molar-refractivity contribution in [3.8, 4) is 0 Å². The van der Waals surface area contributed by atoms with E-state index in [-0.39, 0.29) is 6.04 Å². The van der Waals surface area contributed by atoms with E-state index in [1.165, 1.54) is 0 Å². The summed E-state index contributed by atoms with van der Waals surface area (Å²) in [5.74, 6) is 1.01. The van der Waals surface area contributed by atoms with Crippen LogP contribution in [0.1, 0.15) is 31.7 Å². The predicted octanol–water partition coefficient (Wildman–Crippen LogP) is 3.02. The van der Waals surface area contributed by atoms with E-state index in [2.05, 4.69) is 24.2 Å². The van der Waals surface area contributed by atoms with Crippen molar-refractivity contribution in [2.45, 2.75) is 26.8 Å². The van der Waals surface area contributed by atoms with Gasteiger partial charge in [0.2, 0.25) is 0 Å². The highest BCUT2D eigenvalue weighted by Crippen LogP contribution is 2.26. The lowest BCUT2D eigenvalue weighted by molar-refractivity contribution is 0.653. The number of nitrogens with zero attached hydrogens (tertiary/aromatic N) is 1. The van der Waals surface area contributed by atoms with Crippen molar-refractivity contribution in [3.63, 3.8) is 0 Å². The summed E-state index contributed by atoms with van der Waals surface area (Å²) in [5.41, 5.74) is 5.78. The van der Waals surface area contributed by atoms with Crippen molar-refractivity contribution in [2.75, 3.05) is 6.54 Å². The molecule has 0 spiro atoms. The second kappa shape index (κ2) is 6.11. The number of aliphatic imine (C=N–C) groups is 1. The molecular formula is C11H18ClN3S. The highest BCUT2D eigenvalue weighted by molar-refractivity contribution is 7.16. The van der Waals surface area contributed by atoms with E-state index >= 15 is 0 Å². The predicted molar refractivity (Wildman–Crippen MR) is 72.2 cm³/mol. The van der Waals surface area contributed by atoms with Crippen molar-refractivity contribution >= 4 is 28.9 Å². The molecule has 3 N–H and O–H groups in total. The third-order valence-corrected chi connectivity index (χ3v) is 3.43. The van der Waals surface area contributed by atoms with Crippen molar-refractivity contribution in [3.05, 3.63) is 21.3 Å². The standard InChI is InChI=1S/C11H18ClN3S/c1-7(2)6-14-11(13)15-8(3)9-4-5-10(12)16-9/h4-5,7-8H,6H2,1-3H3,(H3,13,14,15). The van der Waals surface area contributed by atoms with Crippen LogP contribution in [-0.2, 0) is 0 Å². The lowest BCUT2D eigenvalue weighted by atomic mass is 10.2. The topological polar surface area (TPSA) is 50.4 Å². The number of thiophene rings is 1. The lowest BCUT2D eigenvalue weighted by Gasteiger charge is -2.13. The molecule has 0 aliphatic rings. The van der Waals surface area contributed by atoms with Gasteiger partial charge in [-0.25, -0.2) is 0 Å². The number of nitrogens with one attached hydrogen (secondary N) is 1. The lowest BCUT2D eigenvalue weighted by Crippen LogP contribution is -2.33. The highest BCUT2D eigenvalue weighted by atomic mass is 35.5. The molecular weight excluding hydrogens is 242 g/mol. The number of halogens is 1. The van der Waals surface area contributed by atoms with E-state index in [1.807, 2.05) is 19.1 Å². The van der Waals surface area contributed by atoms with Crippen molar-refractivity contribution in [2.24, 2.45) is 16.6 Å². The largest absolute Gasteiger partial charge is 0.370 e. The maximum atomic E-state index is 5.87. The number of nitrogens with two attached hydrogens (primary N) is 1. The fourth-order valence-corrected chi connectivity index (χ4v) is 2.24. The molecule has 1 unspecified atom stereocenters. The first-order valence-corrected chi connectivity index (χ1v) is 6.50. The molecule has 90 valence electrons. The molecule has 1 aromatic heterocycles. The smallest absolute Gasteiger partial charge is 0.189 e. The molecule has 0 aliphatic carbocycles. The SMILES string of the molecule is CC(C)CN=C(N)NC(C)c1ccc(Cl)s1. The van der Waals surface area contributed by atoms with E-state index in [0.29, 0.717) is 11.9 Å². The summed E-state index contributed by atoms with van der Waals surface area (Å²) in [6, 6.07) is 4.04. The minimum Gasteiger partial charge on any atom is -0.370 e. The van der Waals surface area contributed by atoms with Crippen molar-refractivity contribution in [1.82, 2.24) is 5.32 Å². The summed E-state index contributed by atoms with van der Waals surface area (Å²) >= 11 is 7.43. The molecule has 1 aromatic rings. The zero-order valence-corrected chi connectivity index (χ0v) is 11.4. The Balaban J connectivity index is 2.51. The van der Waals surface area contributed by atoms with Crippen LogP contribution >= 0.6 is 22.9 Å². The number of rotatable bonds is 4. The monoisotopic (exact) mass is 259 g/mol. The second-order valence-corrected chi connectivity index (χ2v) is 5.87. The Morgan fingerprint density at radius 2 is 2.19 bits per heavy atom. The van der Waals surface area contributed by atoms with Crippen LogP contribution < -0.4 is 11.1 Å². The Hall–Kier alpha value is -0.740. The maximum Gasteiger partial charge on any atom is 0.189 e. The Bertz CT molecular complexity index is 360. The minimum atomic E-state index is 0.147. The maximum absolute atomic E-state index is 5.87. The van der Waals surface area contributed by atoms with Gasteiger partial charge in [-0.1, -0.05) is 25.4 Å². The van der Waals surface area contributed by atoms with Crippen molar-refractivity contribution < 1.29 is 0 Å². The summed E-state index contributed by atoms with van der Waals surface area (Å²) in [6.45, 7) is 7.01. The van der Waals surface area contributed by atoms with Gasteiger partial charge < -0.3 is 11.1 Å². The quantitative estimate of drug-likeness (QED) is 0.645. The molecule has 0 saturated heterocycles. The van der Waals surface area contributed by atoms with E-state index in [1.54, 1.807) is 11.3 Å². The molecule has 3 nitrogen and oxygen atoms in total. The van der Waals surface area contributed by atoms with Gasteiger partial charge in [-0.3, -0.25) is 4.99 Å². The average Bonchev–Trinajstić information content (AvgIpc) is 2.62. The van der Waals surface area contributed by atoms with E-state index < -0.39 is 0 Å². The van der Waals surface area contributed by atoms with Crippen LogP contribution in [0.15, 0.2) is 17.1 Å². The zero-order chi connectivity index (χ0) is 12.1. The Morgan fingerprint density at radius 1 is 1.50 bits per heavy atom. The number of hydrogen-bond acceptors (Lipinski definition) is 2. The number of guanidine groups is 1. The summed E-state index contributed by atoms with van der Waals surface area (Å²) in [6.07, 6.45) is 0. The summed E-state index contributed by atoms with van der Waals surface area (Å²) in [7, 11) is 0. The molecule has 0 bridgehead atoms. The van der Waals surface area contributed by atoms with Gasteiger partial charge in [-0.05, 0) is 25.0 Å². The van der Waals surface area contributed by atoms with Crippen LogP contribution in [0.25, 0.3) is 0 Å². The van der Waals surface area contributed by atoms with Gasteiger partial charge in [-0.15, -0.1) is 11.3 Å². The van der Waals surface area contributed by atoms with Gasteiger partial charge in [0.25, 0.3) is 0 Å². The highest BCUT2D eigenvalue weighted by Gasteiger charge is 2.08. The Labute approximate surface area is 106 Å². The molecule has 0 radical (unpaired) electrons. The zero-order valence-electron chi connectivity index (χ0n) is 9.83. The van der Waals surface area contributed by atoms with E-state index in [0.717, 1.165) is 15.8 Å². The van der Waals surface area contributed by atoms with E-state index in [9.17, 15) is 0 Å². The normalized spacial score (nSPS) is 14.2. The molecule has 0 aromatic carbocycles.